The van der Waals surface area contributed by atoms with Crippen molar-refractivity contribution in [2.45, 2.75) is 38.5 Å². The summed E-state index contributed by atoms with van der Waals surface area (Å²) in [6.07, 6.45) is 1.10. The molecule has 0 saturated heterocycles. The number of hydrogen-bond acceptors (Lipinski definition) is 7. The fourth-order valence-corrected chi connectivity index (χ4v) is 5.34. The highest BCUT2D eigenvalue weighted by Crippen LogP contribution is 2.46. The van der Waals surface area contributed by atoms with Crippen molar-refractivity contribution in [3.8, 4) is 0 Å². The first-order chi connectivity index (χ1) is 15.4. The van der Waals surface area contributed by atoms with Crippen LogP contribution in [0.15, 0.2) is 64.3 Å². The number of rotatable bonds is 5. The van der Waals surface area contributed by atoms with Gasteiger partial charge in [-0.1, -0.05) is 18.2 Å². The van der Waals surface area contributed by atoms with Gasteiger partial charge in [-0.25, -0.2) is 9.59 Å². The van der Waals surface area contributed by atoms with E-state index in [0.29, 0.717) is 35.2 Å². The van der Waals surface area contributed by atoms with Gasteiger partial charge in [0.1, 0.15) is 0 Å². The van der Waals surface area contributed by atoms with Crippen molar-refractivity contribution in [2.24, 2.45) is 0 Å². The molecule has 7 heteroatoms. The minimum Gasteiger partial charge on any atom is -0.465 e. The molecule has 2 heterocycles. The van der Waals surface area contributed by atoms with Gasteiger partial charge in [0, 0.05) is 40.1 Å². The predicted molar refractivity (Wildman–Crippen MR) is 121 cm³/mol. The lowest BCUT2D eigenvalue weighted by molar-refractivity contribution is -0.138. The summed E-state index contributed by atoms with van der Waals surface area (Å²) in [6, 6.07) is 10.9. The molecule has 0 amide bonds. The molecular weight excluding hydrogens is 426 g/mol. The Balaban J connectivity index is 1.79. The molecule has 1 aromatic heterocycles. The largest absolute Gasteiger partial charge is 0.465 e. The summed E-state index contributed by atoms with van der Waals surface area (Å²) in [4.78, 5) is 39.4. The van der Waals surface area contributed by atoms with E-state index < -0.39 is 17.9 Å². The Hall–Kier alpha value is -3.19. The van der Waals surface area contributed by atoms with E-state index in [1.165, 1.54) is 12.0 Å². The van der Waals surface area contributed by atoms with E-state index in [9.17, 15) is 14.4 Å². The Morgan fingerprint density at radius 1 is 1.12 bits per heavy atom. The number of Topliss-reactive ketones (excluding diaryl/α,β-unsaturated/α-hetero) is 1. The van der Waals surface area contributed by atoms with Crippen LogP contribution in [0, 0.1) is 0 Å². The number of esters is 2. The van der Waals surface area contributed by atoms with Gasteiger partial charge in [0.25, 0.3) is 0 Å². The summed E-state index contributed by atoms with van der Waals surface area (Å²) in [5, 5.41) is 5.36. The second-order valence-electron chi connectivity index (χ2n) is 7.87. The lowest BCUT2D eigenvalue weighted by Crippen LogP contribution is -2.36. The van der Waals surface area contributed by atoms with Gasteiger partial charge in [0.05, 0.1) is 24.9 Å². The van der Waals surface area contributed by atoms with Crippen LogP contribution in [0.25, 0.3) is 0 Å². The van der Waals surface area contributed by atoms with Crippen molar-refractivity contribution >= 4 is 29.1 Å². The molecule has 0 radical (unpaired) electrons. The minimum atomic E-state index is -0.547. The van der Waals surface area contributed by atoms with Crippen molar-refractivity contribution < 1.29 is 23.9 Å². The zero-order valence-corrected chi connectivity index (χ0v) is 19.1. The Bertz CT molecular complexity index is 1110. The normalized spacial score (nSPS) is 20.5. The lowest BCUT2D eigenvalue weighted by atomic mass is 9.72. The quantitative estimate of drug-likeness (QED) is 0.676. The number of allylic oxidation sites excluding steroid dienone is 3. The lowest BCUT2D eigenvalue weighted by Gasteiger charge is -2.36. The Kier molecular flexibility index (Phi) is 6.28. The Morgan fingerprint density at radius 3 is 2.50 bits per heavy atom. The minimum absolute atomic E-state index is 0.0218. The number of carbonyl (C=O) groups is 3. The van der Waals surface area contributed by atoms with Gasteiger partial charge in [-0.05, 0) is 49.4 Å². The second kappa shape index (κ2) is 9.12. The molecule has 166 valence electrons. The molecule has 1 aliphatic carbocycles. The molecule has 2 atom stereocenters. The highest BCUT2D eigenvalue weighted by Gasteiger charge is 2.41. The number of methoxy groups -OCH3 is 1. The Morgan fingerprint density at radius 2 is 1.88 bits per heavy atom. The van der Waals surface area contributed by atoms with Crippen LogP contribution >= 0.6 is 11.3 Å². The van der Waals surface area contributed by atoms with Crippen molar-refractivity contribution in [2.75, 3.05) is 13.7 Å². The number of carbonyl (C=O) groups excluding carboxylic acids is 3. The summed E-state index contributed by atoms with van der Waals surface area (Å²) in [7, 11) is 1.33. The first-order valence-corrected chi connectivity index (χ1v) is 11.4. The number of dihydropyridines is 1. The van der Waals surface area contributed by atoms with Crippen LogP contribution < -0.4 is 5.32 Å². The third kappa shape index (κ3) is 4.00. The van der Waals surface area contributed by atoms with Crippen LogP contribution in [-0.4, -0.2) is 31.4 Å². The predicted octanol–water partition coefficient (Wildman–Crippen LogP) is 4.46. The molecule has 0 bridgehead atoms. The van der Waals surface area contributed by atoms with Crippen molar-refractivity contribution in [1.82, 2.24) is 5.32 Å². The molecule has 1 aliphatic heterocycles. The first-order valence-electron chi connectivity index (χ1n) is 10.6. The monoisotopic (exact) mass is 451 g/mol. The first kappa shape index (κ1) is 22.0. The van der Waals surface area contributed by atoms with Gasteiger partial charge in [-0.2, -0.15) is 0 Å². The number of ether oxygens (including phenoxy) is 2. The average molecular weight is 452 g/mol. The molecular formula is C25H25NO5S. The fourth-order valence-electron chi connectivity index (χ4n) is 4.51. The van der Waals surface area contributed by atoms with Gasteiger partial charge in [-0.3, -0.25) is 4.79 Å². The molecule has 2 aromatic rings. The number of nitrogens with one attached hydrogen (secondary N) is 1. The van der Waals surface area contributed by atoms with E-state index in [0.717, 1.165) is 11.3 Å². The molecule has 0 saturated carbocycles. The van der Waals surface area contributed by atoms with Gasteiger partial charge >= 0.3 is 11.9 Å². The molecule has 4 rings (SSSR count). The highest BCUT2D eigenvalue weighted by molar-refractivity contribution is 7.10. The topological polar surface area (TPSA) is 81.7 Å². The number of hydrogen-bond donors (Lipinski definition) is 1. The molecule has 0 fully saturated rings. The molecule has 1 N–H and O–H groups in total. The zero-order valence-electron chi connectivity index (χ0n) is 18.3. The van der Waals surface area contributed by atoms with Crippen LogP contribution in [0.3, 0.4) is 0 Å². The molecule has 6 nitrogen and oxygen atoms in total. The maximum absolute atomic E-state index is 13.4. The highest BCUT2D eigenvalue weighted by atomic mass is 32.1. The third-order valence-electron chi connectivity index (χ3n) is 5.93. The SMILES string of the molecule is CCOC(=O)C1=C(C)NC2=C(C(=O)C[C@@H](c3cccs3)C2)[C@@H]1c1ccc(C(=O)OC)cc1. The van der Waals surface area contributed by atoms with E-state index in [-0.39, 0.29) is 18.3 Å². The zero-order chi connectivity index (χ0) is 22.8. The van der Waals surface area contributed by atoms with Gasteiger partial charge < -0.3 is 14.8 Å². The fraction of sp³-hybridized carbons (Fsp3) is 0.320. The summed E-state index contributed by atoms with van der Waals surface area (Å²) in [6.45, 7) is 3.83. The van der Waals surface area contributed by atoms with Crippen molar-refractivity contribution in [3.05, 3.63) is 80.3 Å². The van der Waals surface area contributed by atoms with Crippen LogP contribution in [0.1, 0.15) is 59.3 Å². The van der Waals surface area contributed by atoms with Gasteiger partial charge in [0.15, 0.2) is 5.78 Å². The van der Waals surface area contributed by atoms with E-state index in [1.54, 1.807) is 42.5 Å². The second-order valence-corrected chi connectivity index (χ2v) is 8.85. The van der Waals surface area contributed by atoms with E-state index in [4.69, 9.17) is 9.47 Å². The summed E-state index contributed by atoms with van der Waals surface area (Å²) in [5.41, 5.74) is 3.75. The smallest absolute Gasteiger partial charge is 0.337 e. The molecule has 0 spiro atoms. The average Bonchev–Trinajstić information content (AvgIpc) is 3.33. The summed E-state index contributed by atoms with van der Waals surface area (Å²) >= 11 is 1.65. The van der Waals surface area contributed by atoms with Gasteiger partial charge in [-0.15, -0.1) is 11.3 Å². The maximum atomic E-state index is 13.4. The van der Waals surface area contributed by atoms with E-state index >= 15 is 0 Å². The van der Waals surface area contributed by atoms with Crippen molar-refractivity contribution in [1.29, 1.82) is 0 Å². The molecule has 2 aliphatic rings. The number of ketones is 1. The summed E-state index contributed by atoms with van der Waals surface area (Å²) < 4.78 is 10.1. The van der Waals surface area contributed by atoms with Crippen LogP contribution in [0.2, 0.25) is 0 Å². The maximum Gasteiger partial charge on any atom is 0.337 e. The van der Waals surface area contributed by atoms with Gasteiger partial charge in [0.2, 0.25) is 0 Å². The van der Waals surface area contributed by atoms with Crippen LogP contribution in [0.5, 0.6) is 0 Å². The molecule has 32 heavy (non-hydrogen) atoms. The third-order valence-corrected chi connectivity index (χ3v) is 6.97. The number of thiophene rings is 1. The molecule has 0 unspecified atom stereocenters. The van der Waals surface area contributed by atoms with Crippen molar-refractivity contribution in [3.63, 3.8) is 0 Å². The summed E-state index contributed by atoms with van der Waals surface area (Å²) in [5.74, 6) is -1.29. The van der Waals surface area contributed by atoms with Crippen LogP contribution in [0.4, 0.5) is 0 Å². The van der Waals surface area contributed by atoms with E-state index in [2.05, 4.69) is 11.4 Å². The van der Waals surface area contributed by atoms with Crippen LogP contribution in [-0.2, 0) is 19.1 Å². The molecule has 1 aromatic carbocycles. The standard InChI is InChI=1S/C25H25NO5S/c1-4-31-25(29)21-14(2)26-18-12-17(20-6-5-11-32-20)13-19(27)23(18)22(21)15-7-9-16(10-8-15)24(28)30-3/h5-11,17,22,26H,4,12-13H2,1-3H3/t17-,22+/m0/s1. The number of benzene rings is 1. The Labute approximate surface area is 190 Å². The van der Waals surface area contributed by atoms with E-state index in [1.807, 2.05) is 18.4 Å².